The predicted octanol–water partition coefficient (Wildman–Crippen LogP) is 1.95. The zero-order chi connectivity index (χ0) is 14.4. The SMILES string of the molecule is CC1=CC(=O)N(Nc2ncnc3sc(C)c(C)c23)C1=O. The Morgan fingerprint density at radius 3 is 2.60 bits per heavy atom. The molecule has 0 radical (unpaired) electrons. The second-order valence-electron chi connectivity index (χ2n) is 4.60. The highest BCUT2D eigenvalue weighted by Crippen LogP contribution is 2.32. The van der Waals surface area contributed by atoms with Gasteiger partial charge in [-0.1, -0.05) is 0 Å². The lowest BCUT2D eigenvalue weighted by Gasteiger charge is -2.16. The van der Waals surface area contributed by atoms with E-state index in [0.717, 1.165) is 25.7 Å². The molecule has 3 heterocycles. The Bertz CT molecular complexity index is 778. The van der Waals surface area contributed by atoms with Crippen molar-refractivity contribution in [2.75, 3.05) is 5.43 Å². The first kappa shape index (κ1) is 12.7. The summed E-state index contributed by atoms with van der Waals surface area (Å²) < 4.78 is 0. The van der Waals surface area contributed by atoms with E-state index in [1.165, 1.54) is 12.4 Å². The smallest absolute Gasteiger partial charge is 0.271 e. The molecule has 0 unspecified atom stereocenters. The van der Waals surface area contributed by atoms with Crippen molar-refractivity contribution in [3.05, 3.63) is 28.4 Å². The minimum absolute atomic E-state index is 0.355. The third kappa shape index (κ3) is 1.78. The van der Waals surface area contributed by atoms with Crippen molar-refractivity contribution in [3.63, 3.8) is 0 Å². The van der Waals surface area contributed by atoms with Gasteiger partial charge in [0.25, 0.3) is 11.8 Å². The summed E-state index contributed by atoms with van der Waals surface area (Å²) in [6.07, 6.45) is 2.73. The van der Waals surface area contributed by atoms with Crippen LogP contribution in [0.4, 0.5) is 5.82 Å². The number of imide groups is 1. The van der Waals surface area contributed by atoms with Gasteiger partial charge in [-0.05, 0) is 26.3 Å². The topological polar surface area (TPSA) is 75.2 Å². The van der Waals surface area contributed by atoms with Gasteiger partial charge in [0.05, 0.1) is 5.39 Å². The summed E-state index contributed by atoms with van der Waals surface area (Å²) in [5.41, 5.74) is 4.27. The summed E-state index contributed by atoms with van der Waals surface area (Å²) in [6.45, 7) is 5.58. The highest BCUT2D eigenvalue weighted by atomic mass is 32.1. The van der Waals surface area contributed by atoms with Gasteiger partial charge in [-0.3, -0.25) is 15.0 Å². The number of anilines is 1. The first-order valence-corrected chi connectivity index (χ1v) is 6.84. The van der Waals surface area contributed by atoms with Gasteiger partial charge in [-0.2, -0.15) is 5.01 Å². The highest BCUT2D eigenvalue weighted by molar-refractivity contribution is 7.18. The lowest BCUT2D eigenvalue weighted by molar-refractivity contribution is -0.135. The lowest BCUT2D eigenvalue weighted by atomic mass is 10.2. The quantitative estimate of drug-likeness (QED) is 0.855. The number of thiophene rings is 1. The molecule has 1 N–H and O–H groups in total. The molecule has 20 heavy (non-hydrogen) atoms. The van der Waals surface area contributed by atoms with Gasteiger partial charge < -0.3 is 0 Å². The Morgan fingerprint density at radius 2 is 1.95 bits per heavy atom. The molecule has 7 heteroatoms. The molecule has 0 fully saturated rings. The van der Waals surface area contributed by atoms with Crippen LogP contribution in [0.2, 0.25) is 0 Å². The van der Waals surface area contributed by atoms with Gasteiger partial charge in [0.15, 0.2) is 5.82 Å². The number of aryl methyl sites for hydroxylation is 2. The summed E-state index contributed by atoms with van der Waals surface area (Å²) in [5.74, 6) is -0.267. The normalized spacial score (nSPS) is 15.2. The Kier molecular flexibility index (Phi) is 2.79. The Morgan fingerprint density at radius 1 is 1.20 bits per heavy atom. The summed E-state index contributed by atoms with van der Waals surface area (Å²) in [5, 5.41) is 1.82. The number of hydrogen-bond acceptors (Lipinski definition) is 6. The highest BCUT2D eigenvalue weighted by Gasteiger charge is 2.29. The summed E-state index contributed by atoms with van der Waals surface area (Å²) in [7, 11) is 0. The van der Waals surface area contributed by atoms with E-state index in [4.69, 9.17) is 0 Å². The average molecular weight is 288 g/mol. The van der Waals surface area contributed by atoms with Crippen LogP contribution in [0.3, 0.4) is 0 Å². The van der Waals surface area contributed by atoms with Crippen molar-refractivity contribution >= 4 is 39.2 Å². The van der Waals surface area contributed by atoms with E-state index in [1.54, 1.807) is 18.3 Å². The fourth-order valence-corrected chi connectivity index (χ4v) is 3.06. The standard InChI is InChI=1S/C13H12N4O2S/c1-6-4-9(18)17(13(6)19)16-11-10-7(2)8(3)20-12(10)15-5-14-11/h4-5H,1-3H3,(H,14,15,16). The number of hydrogen-bond donors (Lipinski definition) is 1. The zero-order valence-electron chi connectivity index (χ0n) is 11.2. The molecule has 0 saturated heterocycles. The Labute approximate surface area is 119 Å². The van der Waals surface area contributed by atoms with E-state index in [-0.39, 0.29) is 11.8 Å². The second-order valence-corrected chi connectivity index (χ2v) is 5.81. The minimum atomic E-state index is -0.385. The number of fused-ring (bicyclic) bond motifs is 1. The number of nitrogens with zero attached hydrogens (tertiary/aromatic N) is 3. The molecule has 0 bridgehead atoms. The van der Waals surface area contributed by atoms with Crippen molar-refractivity contribution in [2.45, 2.75) is 20.8 Å². The number of amides is 2. The third-order valence-electron chi connectivity index (χ3n) is 3.28. The van der Waals surface area contributed by atoms with Crippen LogP contribution in [0.15, 0.2) is 18.0 Å². The first-order chi connectivity index (χ1) is 9.49. The molecule has 3 rings (SSSR count). The van der Waals surface area contributed by atoms with E-state index in [9.17, 15) is 9.59 Å². The number of carbonyl (C=O) groups excluding carboxylic acids is 2. The predicted molar refractivity (Wildman–Crippen MR) is 76.1 cm³/mol. The molecular formula is C13H12N4O2S. The van der Waals surface area contributed by atoms with Crippen molar-refractivity contribution in [2.24, 2.45) is 0 Å². The molecule has 2 aromatic heterocycles. The minimum Gasteiger partial charge on any atom is -0.271 e. The molecule has 2 amide bonds. The maximum atomic E-state index is 11.9. The molecule has 0 atom stereocenters. The second kappa shape index (κ2) is 4.38. The molecule has 1 aliphatic heterocycles. The maximum absolute atomic E-state index is 11.9. The zero-order valence-corrected chi connectivity index (χ0v) is 12.0. The Balaban J connectivity index is 2.04. The molecule has 1 aliphatic rings. The third-order valence-corrected chi connectivity index (χ3v) is 4.40. The monoisotopic (exact) mass is 288 g/mol. The van der Waals surface area contributed by atoms with Crippen LogP contribution >= 0.6 is 11.3 Å². The van der Waals surface area contributed by atoms with Crippen LogP contribution in [0.1, 0.15) is 17.4 Å². The number of carbonyl (C=O) groups is 2. The fourth-order valence-electron chi connectivity index (χ4n) is 2.07. The number of rotatable bonds is 2. The van der Waals surface area contributed by atoms with Crippen LogP contribution in [-0.2, 0) is 9.59 Å². The molecule has 0 spiro atoms. The van der Waals surface area contributed by atoms with Gasteiger partial charge in [-0.15, -0.1) is 11.3 Å². The van der Waals surface area contributed by atoms with Crippen molar-refractivity contribution < 1.29 is 9.59 Å². The van der Waals surface area contributed by atoms with Crippen LogP contribution < -0.4 is 5.43 Å². The molecule has 0 aliphatic carbocycles. The lowest BCUT2D eigenvalue weighted by Crippen LogP contribution is -2.36. The molecule has 0 saturated carbocycles. The summed E-state index contributed by atoms with van der Waals surface area (Å²) >= 11 is 1.56. The average Bonchev–Trinajstić information content (AvgIpc) is 2.82. The fraction of sp³-hybridized carbons (Fsp3) is 0.231. The number of aromatic nitrogens is 2. The van der Waals surface area contributed by atoms with Crippen LogP contribution in [0.25, 0.3) is 10.2 Å². The van der Waals surface area contributed by atoms with Crippen molar-refractivity contribution in [1.82, 2.24) is 15.0 Å². The molecule has 102 valence electrons. The van der Waals surface area contributed by atoms with Gasteiger partial charge in [0.1, 0.15) is 11.2 Å². The maximum Gasteiger partial charge on any atom is 0.275 e. The van der Waals surface area contributed by atoms with E-state index < -0.39 is 0 Å². The van der Waals surface area contributed by atoms with E-state index in [0.29, 0.717) is 11.4 Å². The molecule has 6 nitrogen and oxygen atoms in total. The number of nitrogens with one attached hydrogen (secondary N) is 1. The van der Waals surface area contributed by atoms with Crippen LogP contribution in [0.5, 0.6) is 0 Å². The van der Waals surface area contributed by atoms with Crippen molar-refractivity contribution in [3.8, 4) is 0 Å². The van der Waals surface area contributed by atoms with E-state index in [2.05, 4.69) is 15.4 Å². The van der Waals surface area contributed by atoms with E-state index >= 15 is 0 Å². The van der Waals surface area contributed by atoms with Crippen molar-refractivity contribution in [1.29, 1.82) is 0 Å². The molecule has 2 aromatic rings. The van der Waals surface area contributed by atoms with Gasteiger partial charge in [0.2, 0.25) is 0 Å². The van der Waals surface area contributed by atoms with Crippen LogP contribution in [0, 0.1) is 13.8 Å². The molecular weight excluding hydrogens is 276 g/mol. The van der Waals surface area contributed by atoms with Gasteiger partial charge >= 0.3 is 0 Å². The van der Waals surface area contributed by atoms with Crippen LogP contribution in [-0.4, -0.2) is 26.8 Å². The summed E-state index contributed by atoms with van der Waals surface area (Å²) in [4.78, 5) is 34.0. The largest absolute Gasteiger partial charge is 0.275 e. The molecule has 0 aromatic carbocycles. The van der Waals surface area contributed by atoms with E-state index in [1.807, 2.05) is 13.8 Å². The van der Waals surface area contributed by atoms with Gasteiger partial charge in [-0.25, -0.2) is 9.97 Å². The number of hydrazine groups is 1. The Hall–Kier alpha value is -2.28. The first-order valence-electron chi connectivity index (χ1n) is 6.03. The summed E-state index contributed by atoms with van der Waals surface area (Å²) in [6, 6.07) is 0. The van der Waals surface area contributed by atoms with Gasteiger partial charge in [0, 0.05) is 16.5 Å².